The van der Waals surface area contributed by atoms with Crippen molar-refractivity contribution in [1.82, 2.24) is 0 Å². The number of amides is 1. The van der Waals surface area contributed by atoms with Crippen molar-refractivity contribution in [3.63, 3.8) is 0 Å². The molecule has 1 atom stereocenters. The highest BCUT2D eigenvalue weighted by molar-refractivity contribution is 5.91. The van der Waals surface area contributed by atoms with Crippen molar-refractivity contribution in [2.45, 2.75) is 45.1 Å². The summed E-state index contributed by atoms with van der Waals surface area (Å²) < 4.78 is 5.09. The monoisotopic (exact) mass is 430 g/mol. The van der Waals surface area contributed by atoms with Crippen LogP contribution in [0.15, 0.2) is 42.5 Å². The summed E-state index contributed by atoms with van der Waals surface area (Å²) in [6.07, 6.45) is 3.50. The van der Waals surface area contributed by atoms with Gasteiger partial charge in [-0.3, -0.25) is 25.0 Å². The molecule has 0 bridgehead atoms. The lowest BCUT2D eigenvalue weighted by Gasteiger charge is -2.19. The van der Waals surface area contributed by atoms with Gasteiger partial charge in [-0.05, 0) is 36.8 Å². The molecule has 0 heterocycles. The molecule has 0 fully saturated rings. The van der Waals surface area contributed by atoms with Crippen LogP contribution in [0.2, 0.25) is 0 Å². The molecule has 2 aromatic carbocycles. The van der Waals surface area contributed by atoms with Crippen LogP contribution in [0.5, 0.6) is 5.75 Å². The first kappa shape index (κ1) is 23.6. The lowest BCUT2D eigenvalue weighted by Crippen LogP contribution is -2.27. The fourth-order valence-electron chi connectivity index (χ4n) is 3.10. The number of non-ortho nitro benzene ring substituents is 1. The number of nitro groups is 2. The minimum absolute atomic E-state index is 0.0872. The fourth-order valence-corrected chi connectivity index (χ4v) is 3.10. The molecule has 166 valence electrons. The fraction of sp³-hybridized carbons (Fsp3) is 0.381. The average Bonchev–Trinajstić information content (AvgIpc) is 2.74. The molecule has 31 heavy (non-hydrogen) atoms. The van der Waals surface area contributed by atoms with Gasteiger partial charge < -0.3 is 15.4 Å². The van der Waals surface area contributed by atoms with E-state index in [1.54, 1.807) is 31.4 Å². The Labute approximate surface area is 179 Å². The third-order valence-electron chi connectivity index (χ3n) is 4.71. The van der Waals surface area contributed by atoms with Gasteiger partial charge in [0, 0.05) is 24.2 Å². The number of carbonyl (C=O) groups is 1. The van der Waals surface area contributed by atoms with Crippen molar-refractivity contribution < 1.29 is 19.4 Å². The second-order valence-electron chi connectivity index (χ2n) is 7.03. The van der Waals surface area contributed by atoms with E-state index in [-0.39, 0.29) is 29.7 Å². The first-order chi connectivity index (χ1) is 14.8. The molecule has 1 unspecified atom stereocenters. The Morgan fingerprint density at radius 1 is 1.06 bits per heavy atom. The summed E-state index contributed by atoms with van der Waals surface area (Å²) in [7, 11) is 1.55. The number of ether oxygens (including phenoxy) is 1. The molecule has 2 N–H and O–H groups in total. The van der Waals surface area contributed by atoms with Crippen LogP contribution in [0.25, 0.3) is 0 Å². The number of unbranched alkanes of at least 4 members (excludes halogenated alkanes) is 2. The normalized spacial score (nSPS) is 11.4. The zero-order valence-corrected chi connectivity index (χ0v) is 17.5. The second-order valence-corrected chi connectivity index (χ2v) is 7.03. The summed E-state index contributed by atoms with van der Waals surface area (Å²) in [5.41, 5.74) is -0.00365. The van der Waals surface area contributed by atoms with Gasteiger partial charge in [0.15, 0.2) is 0 Å². The molecule has 2 aromatic rings. The Hall–Kier alpha value is -3.69. The number of hydrogen-bond donors (Lipinski definition) is 2. The van der Waals surface area contributed by atoms with Crippen LogP contribution >= 0.6 is 0 Å². The van der Waals surface area contributed by atoms with Crippen molar-refractivity contribution >= 4 is 28.7 Å². The number of nitro benzene ring substituents is 2. The average molecular weight is 430 g/mol. The molecule has 0 radical (unpaired) electrons. The highest BCUT2D eigenvalue weighted by atomic mass is 16.6. The SMILES string of the molecule is CCCCCC(CC(=O)Nc1ccc(OC)cc1)Nc1ccc([N+](=O)[O-])cc1[N+](=O)[O-]. The van der Waals surface area contributed by atoms with Crippen molar-refractivity contribution in [2.75, 3.05) is 17.7 Å². The van der Waals surface area contributed by atoms with Crippen molar-refractivity contribution in [3.05, 3.63) is 62.7 Å². The van der Waals surface area contributed by atoms with E-state index in [0.29, 0.717) is 17.9 Å². The Morgan fingerprint density at radius 3 is 2.35 bits per heavy atom. The summed E-state index contributed by atoms with van der Waals surface area (Å²) in [4.78, 5) is 33.6. The molecule has 0 aromatic heterocycles. The summed E-state index contributed by atoms with van der Waals surface area (Å²) in [6, 6.07) is 9.96. The number of nitrogens with zero attached hydrogens (tertiary/aromatic N) is 2. The Morgan fingerprint density at radius 2 is 1.77 bits per heavy atom. The van der Waals surface area contributed by atoms with Gasteiger partial charge in [-0.1, -0.05) is 26.2 Å². The number of nitrogens with one attached hydrogen (secondary N) is 2. The molecule has 0 aliphatic heterocycles. The molecule has 10 nitrogen and oxygen atoms in total. The van der Waals surface area contributed by atoms with Crippen molar-refractivity contribution in [3.8, 4) is 5.75 Å². The van der Waals surface area contributed by atoms with Crippen LogP contribution in [-0.4, -0.2) is 28.9 Å². The first-order valence-electron chi connectivity index (χ1n) is 9.97. The van der Waals surface area contributed by atoms with Crippen molar-refractivity contribution in [2.24, 2.45) is 0 Å². The van der Waals surface area contributed by atoms with E-state index in [4.69, 9.17) is 4.74 Å². The molecule has 2 rings (SSSR count). The number of carbonyl (C=O) groups excluding carboxylic acids is 1. The molecule has 0 spiro atoms. The number of methoxy groups -OCH3 is 1. The smallest absolute Gasteiger partial charge is 0.299 e. The van der Waals surface area contributed by atoms with E-state index >= 15 is 0 Å². The second kappa shape index (κ2) is 11.5. The lowest BCUT2D eigenvalue weighted by molar-refractivity contribution is -0.393. The summed E-state index contributed by atoms with van der Waals surface area (Å²) in [6.45, 7) is 2.06. The summed E-state index contributed by atoms with van der Waals surface area (Å²) in [5, 5.41) is 28.2. The highest BCUT2D eigenvalue weighted by Gasteiger charge is 2.22. The molecule has 0 aliphatic carbocycles. The maximum Gasteiger partial charge on any atom is 0.299 e. The largest absolute Gasteiger partial charge is 0.497 e. The number of benzene rings is 2. The van der Waals surface area contributed by atoms with E-state index in [9.17, 15) is 25.0 Å². The van der Waals surface area contributed by atoms with E-state index in [0.717, 1.165) is 25.3 Å². The third kappa shape index (κ3) is 7.25. The predicted octanol–water partition coefficient (Wildman–Crippen LogP) is 4.90. The maximum absolute atomic E-state index is 12.6. The Bertz CT molecular complexity index is 917. The van der Waals surface area contributed by atoms with Crippen LogP contribution in [0.3, 0.4) is 0 Å². The maximum atomic E-state index is 12.6. The van der Waals surface area contributed by atoms with Gasteiger partial charge in [0.2, 0.25) is 5.91 Å². The van der Waals surface area contributed by atoms with Gasteiger partial charge in [0.25, 0.3) is 11.4 Å². The van der Waals surface area contributed by atoms with Gasteiger partial charge >= 0.3 is 0 Å². The van der Waals surface area contributed by atoms with E-state index in [2.05, 4.69) is 17.6 Å². The minimum Gasteiger partial charge on any atom is -0.497 e. The van der Waals surface area contributed by atoms with Crippen molar-refractivity contribution in [1.29, 1.82) is 0 Å². The number of hydrogen-bond acceptors (Lipinski definition) is 7. The zero-order chi connectivity index (χ0) is 22.8. The quantitative estimate of drug-likeness (QED) is 0.277. The molecule has 0 saturated heterocycles. The molecule has 10 heteroatoms. The van der Waals surface area contributed by atoms with Gasteiger partial charge in [-0.15, -0.1) is 0 Å². The molecular formula is C21H26N4O6. The highest BCUT2D eigenvalue weighted by Crippen LogP contribution is 2.30. The Balaban J connectivity index is 2.14. The standard InChI is InChI=1S/C21H26N4O6/c1-3-4-5-6-16(13-21(26)23-15-7-10-18(31-2)11-8-15)22-19-12-9-17(24(27)28)14-20(19)25(29)30/h7-12,14,16,22H,3-6,13H2,1-2H3,(H,23,26). The predicted molar refractivity (Wildman–Crippen MR) is 118 cm³/mol. The first-order valence-corrected chi connectivity index (χ1v) is 9.97. The van der Waals surface area contributed by atoms with Gasteiger partial charge in [0.1, 0.15) is 11.4 Å². The zero-order valence-electron chi connectivity index (χ0n) is 17.5. The molecule has 0 saturated carbocycles. The van der Waals surface area contributed by atoms with E-state index in [1.807, 2.05) is 0 Å². The molecule has 1 amide bonds. The van der Waals surface area contributed by atoms with Crippen LogP contribution < -0.4 is 15.4 Å². The van der Waals surface area contributed by atoms with Crippen LogP contribution in [0.4, 0.5) is 22.7 Å². The lowest BCUT2D eigenvalue weighted by atomic mass is 10.0. The third-order valence-corrected chi connectivity index (χ3v) is 4.71. The Kier molecular flexibility index (Phi) is 8.74. The van der Waals surface area contributed by atoms with Crippen LogP contribution in [0, 0.1) is 20.2 Å². The van der Waals surface area contributed by atoms with Crippen LogP contribution in [0.1, 0.15) is 39.0 Å². The molecule has 0 aliphatic rings. The number of rotatable bonds is 12. The van der Waals surface area contributed by atoms with Gasteiger partial charge in [-0.2, -0.15) is 0 Å². The topological polar surface area (TPSA) is 137 Å². The van der Waals surface area contributed by atoms with E-state index in [1.165, 1.54) is 12.1 Å². The van der Waals surface area contributed by atoms with Crippen LogP contribution in [-0.2, 0) is 4.79 Å². The van der Waals surface area contributed by atoms with Gasteiger partial charge in [-0.25, -0.2) is 0 Å². The van der Waals surface area contributed by atoms with E-state index < -0.39 is 15.5 Å². The van der Waals surface area contributed by atoms with Gasteiger partial charge in [0.05, 0.1) is 23.0 Å². The summed E-state index contributed by atoms with van der Waals surface area (Å²) >= 11 is 0. The summed E-state index contributed by atoms with van der Waals surface area (Å²) in [5.74, 6) is 0.423. The number of anilines is 2. The minimum atomic E-state index is -0.683. The molecular weight excluding hydrogens is 404 g/mol.